The molecule has 0 unspecified atom stereocenters. The molecule has 0 fully saturated rings. The van der Waals surface area contributed by atoms with Crippen molar-refractivity contribution in [3.05, 3.63) is 71.5 Å². The molecule has 3 rings (SSSR count). The Morgan fingerprint density at radius 1 is 1.09 bits per heavy atom. The second-order valence-corrected chi connectivity index (χ2v) is 5.22. The summed E-state index contributed by atoms with van der Waals surface area (Å²) in [6.07, 6.45) is 0.756. The van der Waals surface area contributed by atoms with E-state index in [0.717, 1.165) is 28.8 Å². The van der Waals surface area contributed by atoms with E-state index in [1.807, 2.05) is 43.3 Å². The zero-order valence-electron chi connectivity index (χ0n) is 12.5. The third-order valence-corrected chi connectivity index (χ3v) is 3.72. The molecule has 0 radical (unpaired) electrons. The first kappa shape index (κ1) is 14.3. The van der Waals surface area contributed by atoms with Gasteiger partial charge >= 0.3 is 0 Å². The highest BCUT2D eigenvalue weighted by Gasteiger charge is 2.16. The first-order valence-electron chi connectivity index (χ1n) is 7.34. The number of hydrogen-bond donors (Lipinski definition) is 1. The van der Waals surface area contributed by atoms with Gasteiger partial charge in [0, 0.05) is 11.1 Å². The molecule has 0 aliphatic heterocycles. The van der Waals surface area contributed by atoms with E-state index >= 15 is 0 Å². The number of halogens is 1. The van der Waals surface area contributed by atoms with Gasteiger partial charge in [0.2, 0.25) is 0 Å². The minimum absolute atomic E-state index is 0.268. The molecule has 1 heterocycles. The highest BCUT2D eigenvalue weighted by atomic mass is 19.1. The van der Waals surface area contributed by atoms with E-state index in [1.54, 1.807) is 10.7 Å². The predicted octanol–water partition coefficient (Wildman–Crippen LogP) is 3.88. The van der Waals surface area contributed by atoms with Crippen LogP contribution in [-0.2, 0) is 13.0 Å². The number of anilines is 1. The standard InChI is InChI=1S/C18H18FN3/c1-2-16-17(14-9-6-10-15(19)11-14)21-22(18(16)20)12-13-7-4-3-5-8-13/h3-11H,2,12,20H2,1H3. The third-order valence-electron chi connectivity index (χ3n) is 3.72. The lowest BCUT2D eigenvalue weighted by atomic mass is 10.1. The van der Waals surface area contributed by atoms with E-state index in [4.69, 9.17) is 5.73 Å². The van der Waals surface area contributed by atoms with Crippen LogP contribution >= 0.6 is 0 Å². The van der Waals surface area contributed by atoms with Crippen molar-refractivity contribution in [1.29, 1.82) is 0 Å². The maximum Gasteiger partial charge on any atom is 0.125 e. The fraction of sp³-hybridized carbons (Fsp3) is 0.167. The number of nitrogens with two attached hydrogens (primary N) is 1. The van der Waals surface area contributed by atoms with Crippen molar-refractivity contribution in [3.63, 3.8) is 0 Å². The Kier molecular flexibility index (Phi) is 3.92. The van der Waals surface area contributed by atoms with Crippen molar-refractivity contribution in [2.45, 2.75) is 19.9 Å². The Morgan fingerprint density at radius 2 is 1.86 bits per heavy atom. The summed E-state index contributed by atoms with van der Waals surface area (Å²) in [5.74, 6) is 0.376. The van der Waals surface area contributed by atoms with Gasteiger partial charge in [-0.25, -0.2) is 9.07 Å². The quantitative estimate of drug-likeness (QED) is 0.793. The fourth-order valence-corrected chi connectivity index (χ4v) is 2.61. The molecular weight excluding hydrogens is 277 g/mol. The van der Waals surface area contributed by atoms with Crippen LogP contribution < -0.4 is 5.73 Å². The molecule has 4 heteroatoms. The lowest BCUT2D eigenvalue weighted by molar-refractivity contribution is 0.628. The summed E-state index contributed by atoms with van der Waals surface area (Å²) in [7, 11) is 0. The molecule has 112 valence electrons. The van der Waals surface area contributed by atoms with E-state index in [-0.39, 0.29) is 5.82 Å². The molecule has 1 aromatic heterocycles. The van der Waals surface area contributed by atoms with E-state index in [0.29, 0.717) is 12.4 Å². The van der Waals surface area contributed by atoms with Crippen LogP contribution in [0.25, 0.3) is 11.3 Å². The van der Waals surface area contributed by atoms with Crippen molar-refractivity contribution in [1.82, 2.24) is 9.78 Å². The first-order chi connectivity index (χ1) is 10.7. The second kappa shape index (κ2) is 6.02. The lowest BCUT2D eigenvalue weighted by Crippen LogP contribution is -2.06. The van der Waals surface area contributed by atoms with E-state index in [1.165, 1.54) is 12.1 Å². The van der Waals surface area contributed by atoms with Gasteiger partial charge in [0.05, 0.1) is 12.2 Å². The normalized spacial score (nSPS) is 10.8. The molecule has 0 bridgehead atoms. The second-order valence-electron chi connectivity index (χ2n) is 5.22. The van der Waals surface area contributed by atoms with Gasteiger partial charge in [0.25, 0.3) is 0 Å². The van der Waals surface area contributed by atoms with Gasteiger partial charge < -0.3 is 5.73 Å². The minimum Gasteiger partial charge on any atom is -0.384 e. The van der Waals surface area contributed by atoms with Gasteiger partial charge in [-0.1, -0.05) is 49.4 Å². The summed E-state index contributed by atoms with van der Waals surface area (Å²) in [4.78, 5) is 0. The van der Waals surface area contributed by atoms with Gasteiger partial charge in [-0.15, -0.1) is 0 Å². The highest BCUT2D eigenvalue weighted by Crippen LogP contribution is 2.28. The summed E-state index contributed by atoms with van der Waals surface area (Å²) >= 11 is 0. The Hall–Kier alpha value is -2.62. The topological polar surface area (TPSA) is 43.8 Å². The Morgan fingerprint density at radius 3 is 2.55 bits per heavy atom. The molecule has 0 aliphatic carbocycles. The molecule has 0 atom stereocenters. The van der Waals surface area contributed by atoms with Crippen LogP contribution in [0.4, 0.5) is 10.2 Å². The Labute approximate surface area is 129 Å². The minimum atomic E-state index is -0.268. The van der Waals surface area contributed by atoms with Crippen LogP contribution in [0.15, 0.2) is 54.6 Å². The summed E-state index contributed by atoms with van der Waals surface area (Å²) in [5, 5.41) is 4.61. The SMILES string of the molecule is CCc1c(-c2cccc(F)c2)nn(Cc2ccccc2)c1N. The van der Waals surface area contributed by atoms with Crippen LogP contribution in [0.1, 0.15) is 18.1 Å². The largest absolute Gasteiger partial charge is 0.384 e. The van der Waals surface area contributed by atoms with Crippen LogP contribution in [0, 0.1) is 5.82 Å². The maximum atomic E-state index is 13.5. The number of nitrogens with zero attached hydrogens (tertiary/aromatic N) is 2. The molecule has 2 aromatic carbocycles. The van der Waals surface area contributed by atoms with Crippen LogP contribution in [0.3, 0.4) is 0 Å². The van der Waals surface area contributed by atoms with Crippen molar-refractivity contribution in [2.24, 2.45) is 0 Å². The molecule has 0 saturated carbocycles. The van der Waals surface area contributed by atoms with Crippen LogP contribution in [-0.4, -0.2) is 9.78 Å². The zero-order chi connectivity index (χ0) is 15.5. The van der Waals surface area contributed by atoms with Crippen molar-refractivity contribution in [3.8, 4) is 11.3 Å². The summed E-state index contributed by atoms with van der Waals surface area (Å²) in [6, 6.07) is 16.5. The summed E-state index contributed by atoms with van der Waals surface area (Å²) < 4.78 is 15.3. The molecule has 3 aromatic rings. The number of rotatable bonds is 4. The van der Waals surface area contributed by atoms with E-state index in [2.05, 4.69) is 5.10 Å². The molecule has 0 amide bonds. The molecule has 0 saturated heterocycles. The number of aromatic nitrogens is 2. The average molecular weight is 295 g/mol. The van der Waals surface area contributed by atoms with Gasteiger partial charge in [-0.2, -0.15) is 5.10 Å². The zero-order valence-corrected chi connectivity index (χ0v) is 12.5. The van der Waals surface area contributed by atoms with E-state index in [9.17, 15) is 4.39 Å². The smallest absolute Gasteiger partial charge is 0.125 e. The summed E-state index contributed by atoms with van der Waals surface area (Å²) in [5.41, 5.74) is 9.85. The first-order valence-corrected chi connectivity index (χ1v) is 7.34. The molecular formula is C18H18FN3. The molecule has 22 heavy (non-hydrogen) atoms. The summed E-state index contributed by atoms with van der Waals surface area (Å²) in [6.45, 7) is 2.64. The average Bonchev–Trinajstić information content (AvgIpc) is 2.84. The molecule has 0 spiro atoms. The van der Waals surface area contributed by atoms with E-state index < -0.39 is 0 Å². The van der Waals surface area contributed by atoms with Gasteiger partial charge in [-0.3, -0.25) is 0 Å². The highest BCUT2D eigenvalue weighted by molar-refractivity contribution is 5.68. The molecule has 2 N–H and O–H groups in total. The molecule has 0 aliphatic rings. The fourth-order valence-electron chi connectivity index (χ4n) is 2.61. The Bertz CT molecular complexity index is 778. The number of nitrogen functional groups attached to an aromatic ring is 1. The lowest BCUT2D eigenvalue weighted by Gasteiger charge is -2.04. The predicted molar refractivity (Wildman–Crippen MR) is 87.0 cm³/mol. The monoisotopic (exact) mass is 295 g/mol. The Balaban J connectivity index is 2.03. The number of hydrogen-bond acceptors (Lipinski definition) is 2. The van der Waals surface area contributed by atoms with Crippen molar-refractivity contribution in [2.75, 3.05) is 5.73 Å². The third kappa shape index (κ3) is 2.72. The van der Waals surface area contributed by atoms with Crippen molar-refractivity contribution >= 4 is 5.82 Å². The van der Waals surface area contributed by atoms with Crippen molar-refractivity contribution < 1.29 is 4.39 Å². The van der Waals surface area contributed by atoms with Gasteiger partial charge in [-0.05, 0) is 24.1 Å². The van der Waals surface area contributed by atoms with Gasteiger partial charge in [0.1, 0.15) is 11.6 Å². The maximum absolute atomic E-state index is 13.5. The molecule has 3 nitrogen and oxygen atoms in total. The van der Waals surface area contributed by atoms with Gasteiger partial charge in [0.15, 0.2) is 0 Å². The number of benzene rings is 2. The van der Waals surface area contributed by atoms with Crippen LogP contribution in [0.2, 0.25) is 0 Å². The van der Waals surface area contributed by atoms with Crippen LogP contribution in [0.5, 0.6) is 0 Å².